The van der Waals surface area contributed by atoms with Crippen molar-refractivity contribution in [2.75, 3.05) is 11.2 Å². The molecule has 0 fully saturated rings. The lowest BCUT2D eigenvalue weighted by molar-refractivity contribution is -0.137. The number of hydrogen-bond acceptors (Lipinski definition) is 3. The summed E-state index contributed by atoms with van der Waals surface area (Å²) in [5.41, 5.74) is -0.670. The van der Waals surface area contributed by atoms with E-state index in [-0.39, 0.29) is 17.3 Å². The fraction of sp³-hybridized carbons (Fsp3) is 0.182. The third kappa shape index (κ3) is 3.08. The number of nitrogens with one attached hydrogen (secondary N) is 1. The van der Waals surface area contributed by atoms with Crippen molar-refractivity contribution in [3.05, 3.63) is 36.4 Å². The summed E-state index contributed by atoms with van der Waals surface area (Å²) in [4.78, 5) is 15.0. The van der Waals surface area contributed by atoms with Crippen LogP contribution in [-0.4, -0.2) is 26.6 Å². The van der Waals surface area contributed by atoms with Gasteiger partial charge in [0.25, 0.3) is 0 Å². The quantitative estimate of drug-likeness (QED) is 0.886. The molecule has 106 valence electrons. The van der Waals surface area contributed by atoms with Gasteiger partial charge in [-0.2, -0.15) is 18.3 Å². The van der Waals surface area contributed by atoms with E-state index in [4.69, 9.17) is 11.6 Å². The molecule has 0 aliphatic carbocycles. The molecule has 0 aliphatic heterocycles. The van der Waals surface area contributed by atoms with Crippen molar-refractivity contribution in [1.82, 2.24) is 14.8 Å². The molecule has 2 rings (SSSR count). The largest absolute Gasteiger partial charge is 0.416 e. The smallest absolute Gasteiger partial charge is 0.323 e. The van der Waals surface area contributed by atoms with Crippen molar-refractivity contribution in [3.8, 4) is 5.69 Å². The second-order valence-corrected chi connectivity index (χ2v) is 4.02. The first kappa shape index (κ1) is 14.3. The van der Waals surface area contributed by atoms with Crippen LogP contribution >= 0.6 is 11.6 Å². The van der Waals surface area contributed by atoms with Crippen LogP contribution in [0.1, 0.15) is 5.56 Å². The number of nitrogens with zero attached hydrogens (tertiary/aromatic N) is 3. The number of aromatic nitrogens is 3. The van der Waals surface area contributed by atoms with Crippen molar-refractivity contribution in [2.24, 2.45) is 0 Å². The van der Waals surface area contributed by atoms with E-state index in [1.54, 1.807) is 0 Å². The van der Waals surface area contributed by atoms with E-state index in [1.807, 2.05) is 0 Å². The highest BCUT2D eigenvalue weighted by molar-refractivity contribution is 6.29. The minimum atomic E-state index is -4.51. The Bertz CT molecular complexity index is 613. The third-order valence-corrected chi connectivity index (χ3v) is 2.63. The van der Waals surface area contributed by atoms with E-state index in [2.05, 4.69) is 15.4 Å². The Labute approximate surface area is 116 Å². The van der Waals surface area contributed by atoms with Crippen LogP contribution in [0, 0.1) is 0 Å². The standard InChI is InChI=1S/C11H8ClF3N4O/c12-4-10(20)18-8-3-7(11(13,14)15)1-2-9(8)19-6-16-5-17-19/h1-3,5-6H,4H2,(H,18,20). The van der Waals surface area contributed by atoms with Gasteiger partial charge >= 0.3 is 6.18 Å². The zero-order valence-corrected chi connectivity index (χ0v) is 10.6. The van der Waals surface area contributed by atoms with Gasteiger partial charge in [0.1, 0.15) is 18.5 Å². The van der Waals surface area contributed by atoms with E-state index >= 15 is 0 Å². The van der Waals surface area contributed by atoms with E-state index in [1.165, 1.54) is 23.4 Å². The van der Waals surface area contributed by atoms with Gasteiger partial charge in [-0.15, -0.1) is 11.6 Å². The molecule has 0 saturated heterocycles. The molecule has 1 aromatic carbocycles. The molecule has 1 heterocycles. The summed E-state index contributed by atoms with van der Waals surface area (Å²) in [6.45, 7) is 0. The molecule has 5 nitrogen and oxygen atoms in total. The van der Waals surface area contributed by atoms with Gasteiger partial charge in [-0.05, 0) is 18.2 Å². The molecule has 0 radical (unpaired) electrons. The lowest BCUT2D eigenvalue weighted by Crippen LogP contribution is -2.16. The summed E-state index contributed by atoms with van der Waals surface area (Å²) in [5.74, 6) is -0.986. The highest BCUT2D eigenvalue weighted by atomic mass is 35.5. The average Bonchev–Trinajstić information content (AvgIpc) is 2.91. The third-order valence-electron chi connectivity index (χ3n) is 2.38. The predicted molar refractivity (Wildman–Crippen MR) is 65.7 cm³/mol. The van der Waals surface area contributed by atoms with E-state index in [0.29, 0.717) is 0 Å². The monoisotopic (exact) mass is 304 g/mol. The summed E-state index contributed by atoms with van der Waals surface area (Å²) in [6, 6.07) is 2.91. The van der Waals surface area contributed by atoms with Crippen LogP contribution in [0.3, 0.4) is 0 Å². The Morgan fingerprint density at radius 3 is 2.70 bits per heavy atom. The van der Waals surface area contributed by atoms with Gasteiger partial charge in [-0.3, -0.25) is 4.79 Å². The van der Waals surface area contributed by atoms with Crippen LogP contribution in [0.5, 0.6) is 0 Å². The number of hydrogen-bond donors (Lipinski definition) is 1. The minimum Gasteiger partial charge on any atom is -0.323 e. The van der Waals surface area contributed by atoms with Crippen LogP contribution in [0.4, 0.5) is 18.9 Å². The summed E-state index contributed by atoms with van der Waals surface area (Å²) in [7, 11) is 0. The molecule has 20 heavy (non-hydrogen) atoms. The molecule has 0 spiro atoms. The van der Waals surface area contributed by atoms with Gasteiger partial charge in [0.05, 0.1) is 16.9 Å². The first-order chi connectivity index (χ1) is 9.41. The second-order valence-electron chi connectivity index (χ2n) is 3.75. The number of carbonyl (C=O) groups excluding carboxylic acids is 1. The van der Waals surface area contributed by atoms with E-state index in [0.717, 1.165) is 12.1 Å². The first-order valence-electron chi connectivity index (χ1n) is 5.34. The lowest BCUT2D eigenvalue weighted by atomic mass is 10.1. The highest BCUT2D eigenvalue weighted by Crippen LogP contribution is 2.33. The Morgan fingerprint density at radius 1 is 1.40 bits per heavy atom. The summed E-state index contributed by atoms with van der Waals surface area (Å²) in [6.07, 6.45) is -1.98. The lowest BCUT2D eigenvalue weighted by Gasteiger charge is -2.13. The van der Waals surface area contributed by atoms with Crippen molar-refractivity contribution in [1.29, 1.82) is 0 Å². The zero-order chi connectivity index (χ0) is 14.8. The van der Waals surface area contributed by atoms with E-state index in [9.17, 15) is 18.0 Å². The number of benzene rings is 1. The molecule has 0 saturated carbocycles. The van der Waals surface area contributed by atoms with Gasteiger partial charge in [0.2, 0.25) is 5.91 Å². The van der Waals surface area contributed by atoms with Crippen molar-refractivity contribution in [3.63, 3.8) is 0 Å². The van der Waals surface area contributed by atoms with Crippen LogP contribution in [0.15, 0.2) is 30.9 Å². The average molecular weight is 305 g/mol. The van der Waals surface area contributed by atoms with Crippen LogP contribution in [-0.2, 0) is 11.0 Å². The number of carbonyl (C=O) groups is 1. The maximum Gasteiger partial charge on any atom is 0.416 e. The maximum absolute atomic E-state index is 12.7. The summed E-state index contributed by atoms with van der Waals surface area (Å²) < 4.78 is 39.3. The Morgan fingerprint density at radius 2 is 2.15 bits per heavy atom. The van der Waals surface area contributed by atoms with Gasteiger partial charge in [0.15, 0.2) is 0 Å². The van der Waals surface area contributed by atoms with Gasteiger partial charge < -0.3 is 5.32 Å². The molecule has 0 aliphatic rings. The van der Waals surface area contributed by atoms with Crippen LogP contribution < -0.4 is 5.32 Å². The van der Waals surface area contributed by atoms with E-state index < -0.39 is 17.6 Å². The molecule has 9 heteroatoms. The molecule has 0 atom stereocenters. The zero-order valence-electron chi connectivity index (χ0n) is 9.86. The number of rotatable bonds is 3. The van der Waals surface area contributed by atoms with Crippen molar-refractivity contribution < 1.29 is 18.0 Å². The summed E-state index contributed by atoms with van der Waals surface area (Å²) >= 11 is 5.34. The number of alkyl halides is 4. The van der Waals surface area contributed by atoms with Gasteiger partial charge in [0, 0.05) is 0 Å². The normalized spacial score (nSPS) is 11.4. The summed E-state index contributed by atoms with van der Waals surface area (Å²) in [5, 5.41) is 6.11. The van der Waals surface area contributed by atoms with Crippen molar-refractivity contribution in [2.45, 2.75) is 6.18 Å². The Hall–Kier alpha value is -2.09. The highest BCUT2D eigenvalue weighted by Gasteiger charge is 2.31. The fourth-order valence-corrected chi connectivity index (χ4v) is 1.60. The molecular weight excluding hydrogens is 297 g/mol. The number of anilines is 1. The SMILES string of the molecule is O=C(CCl)Nc1cc(C(F)(F)F)ccc1-n1cncn1. The van der Waals surface area contributed by atoms with Crippen molar-refractivity contribution >= 4 is 23.2 Å². The van der Waals surface area contributed by atoms with Gasteiger partial charge in [-0.1, -0.05) is 0 Å². The molecule has 1 amide bonds. The first-order valence-corrected chi connectivity index (χ1v) is 5.87. The molecular formula is C11H8ClF3N4O. The Kier molecular flexibility index (Phi) is 3.93. The van der Waals surface area contributed by atoms with Crippen LogP contribution in [0.25, 0.3) is 5.69 Å². The minimum absolute atomic E-state index is 0.0454. The molecule has 1 aromatic heterocycles. The molecule has 1 N–H and O–H groups in total. The fourth-order valence-electron chi connectivity index (χ4n) is 1.53. The topological polar surface area (TPSA) is 59.8 Å². The molecule has 0 bridgehead atoms. The molecule has 2 aromatic rings. The van der Waals surface area contributed by atoms with Crippen LogP contribution in [0.2, 0.25) is 0 Å². The number of amides is 1. The number of halogens is 4. The maximum atomic E-state index is 12.7. The molecule has 0 unspecified atom stereocenters. The Balaban J connectivity index is 2.49. The predicted octanol–water partition coefficient (Wildman–Crippen LogP) is 2.46. The van der Waals surface area contributed by atoms with Gasteiger partial charge in [-0.25, -0.2) is 9.67 Å². The second kappa shape index (κ2) is 5.49.